The molecule has 27 heavy (non-hydrogen) atoms. The van der Waals surface area contributed by atoms with Crippen LogP contribution in [0.15, 0.2) is 37.8 Å². The molecule has 4 aromatic heterocycles. The zero-order valence-electron chi connectivity index (χ0n) is 14.0. The van der Waals surface area contributed by atoms with Gasteiger partial charge in [0.1, 0.15) is 12.1 Å². The minimum Gasteiger partial charge on any atom is -0.337 e. The molecule has 0 atom stereocenters. The molecule has 12 heteroatoms. The van der Waals surface area contributed by atoms with Crippen LogP contribution in [0.3, 0.4) is 0 Å². The second-order valence-electron chi connectivity index (χ2n) is 5.52. The summed E-state index contributed by atoms with van der Waals surface area (Å²) in [5.41, 5.74) is -0.905. The highest BCUT2D eigenvalue weighted by atomic mass is 32.1. The van der Waals surface area contributed by atoms with E-state index in [0.29, 0.717) is 17.1 Å². The summed E-state index contributed by atoms with van der Waals surface area (Å²) >= 11 is 6.81. The third kappa shape index (κ3) is 3.19. The fraction of sp³-hybridized carbons (Fsp3) is 0.200. The predicted molar refractivity (Wildman–Crippen MR) is 100 cm³/mol. The molecular formula is C15H13N7O3S2. The van der Waals surface area contributed by atoms with Crippen LogP contribution in [0.25, 0.3) is 22.1 Å². The summed E-state index contributed by atoms with van der Waals surface area (Å²) in [5.74, 6) is 1.02. The maximum absolute atomic E-state index is 12.1. The number of H-pyrrole nitrogens is 2. The van der Waals surface area contributed by atoms with Gasteiger partial charge in [0, 0.05) is 12.7 Å². The van der Waals surface area contributed by atoms with Crippen molar-refractivity contribution in [2.24, 2.45) is 0 Å². The minimum absolute atomic E-state index is 0.0983. The van der Waals surface area contributed by atoms with E-state index in [9.17, 15) is 9.59 Å². The molecule has 2 N–H and O–H groups in total. The first-order valence-corrected chi connectivity index (χ1v) is 9.21. The monoisotopic (exact) mass is 403 g/mol. The number of nitrogens with one attached hydrogen (secondary N) is 2. The molecule has 0 radical (unpaired) electrons. The van der Waals surface area contributed by atoms with Crippen molar-refractivity contribution in [3.63, 3.8) is 0 Å². The molecule has 0 amide bonds. The molecule has 0 aliphatic carbocycles. The number of nitrogens with zero attached hydrogens (tertiary/aromatic N) is 5. The van der Waals surface area contributed by atoms with Crippen molar-refractivity contribution in [2.45, 2.75) is 20.0 Å². The lowest BCUT2D eigenvalue weighted by Crippen LogP contribution is -2.30. The molecule has 4 rings (SSSR count). The van der Waals surface area contributed by atoms with E-state index in [1.165, 1.54) is 22.1 Å². The minimum atomic E-state index is -0.573. The van der Waals surface area contributed by atoms with Gasteiger partial charge in [-0.3, -0.25) is 19.4 Å². The lowest BCUT2D eigenvalue weighted by molar-refractivity contribution is 0.371. The van der Waals surface area contributed by atoms with Crippen molar-refractivity contribution >= 4 is 23.6 Å². The van der Waals surface area contributed by atoms with Gasteiger partial charge < -0.3 is 9.09 Å². The number of aromatic nitrogens is 7. The molecule has 4 aromatic rings. The van der Waals surface area contributed by atoms with Crippen LogP contribution in [0.1, 0.15) is 12.8 Å². The van der Waals surface area contributed by atoms with Gasteiger partial charge in [0.2, 0.25) is 11.7 Å². The van der Waals surface area contributed by atoms with Crippen LogP contribution >= 0.6 is 23.6 Å². The lowest BCUT2D eigenvalue weighted by atomic mass is 10.3. The standard InChI is InChI=1S/C15H13N7O3S2/c1-2-21-6-8(13(23)17-14(21)24)11-16-10(25-20-11)7-22-12(18-19-15(22)26)9-4-3-5-27-9/h3-6H,2,7H2,1H3,(H,19,26)(H,17,23,24). The summed E-state index contributed by atoms with van der Waals surface area (Å²) in [6.45, 7) is 2.39. The van der Waals surface area contributed by atoms with Crippen LogP contribution < -0.4 is 11.2 Å². The smallest absolute Gasteiger partial charge is 0.328 e. The first-order chi connectivity index (χ1) is 13.1. The summed E-state index contributed by atoms with van der Waals surface area (Å²) in [4.78, 5) is 31.2. The molecule has 0 aliphatic heterocycles. The van der Waals surface area contributed by atoms with E-state index < -0.39 is 11.2 Å². The van der Waals surface area contributed by atoms with E-state index >= 15 is 0 Å². The zero-order chi connectivity index (χ0) is 19.0. The molecule has 0 aliphatic rings. The molecule has 4 heterocycles. The Morgan fingerprint density at radius 2 is 2.22 bits per heavy atom. The van der Waals surface area contributed by atoms with Gasteiger partial charge in [-0.05, 0) is 30.6 Å². The Labute approximate surface area is 160 Å². The maximum Gasteiger partial charge on any atom is 0.328 e. The Bertz CT molecular complexity index is 1260. The molecule has 0 fully saturated rings. The van der Waals surface area contributed by atoms with E-state index in [1.54, 1.807) is 11.5 Å². The van der Waals surface area contributed by atoms with Crippen molar-refractivity contribution < 1.29 is 4.52 Å². The number of aryl methyl sites for hydroxylation is 1. The van der Waals surface area contributed by atoms with Gasteiger partial charge in [0.05, 0.1) is 4.88 Å². The quantitative estimate of drug-likeness (QED) is 0.485. The van der Waals surface area contributed by atoms with E-state index in [2.05, 4.69) is 25.3 Å². The van der Waals surface area contributed by atoms with Crippen LogP contribution in [-0.2, 0) is 13.1 Å². The molecule has 10 nitrogen and oxygen atoms in total. The molecule has 0 saturated heterocycles. The zero-order valence-corrected chi connectivity index (χ0v) is 15.6. The average Bonchev–Trinajstić information content (AvgIpc) is 3.38. The second kappa shape index (κ2) is 6.89. The molecule has 138 valence electrons. The van der Waals surface area contributed by atoms with Crippen LogP contribution in [-0.4, -0.2) is 34.5 Å². The van der Waals surface area contributed by atoms with Gasteiger partial charge in [0.25, 0.3) is 5.56 Å². The van der Waals surface area contributed by atoms with Gasteiger partial charge in [-0.2, -0.15) is 10.1 Å². The molecular weight excluding hydrogens is 390 g/mol. The second-order valence-corrected chi connectivity index (χ2v) is 6.85. The topological polar surface area (TPSA) is 127 Å². The van der Waals surface area contributed by atoms with Crippen LogP contribution in [0.2, 0.25) is 0 Å². The number of aromatic amines is 2. The van der Waals surface area contributed by atoms with Gasteiger partial charge >= 0.3 is 5.69 Å². The number of hydrogen-bond acceptors (Lipinski definition) is 8. The normalized spacial score (nSPS) is 11.1. The highest BCUT2D eigenvalue weighted by Gasteiger charge is 2.17. The summed E-state index contributed by atoms with van der Waals surface area (Å²) < 4.78 is 8.77. The third-order valence-corrected chi connectivity index (χ3v) is 5.03. The summed E-state index contributed by atoms with van der Waals surface area (Å²) in [6.07, 6.45) is 1.41. The molecule has 0 bridgehead atoms. The highest BCUT2D eigenvalue weighted by molar-refractivity contribution is 7.71. The Hall–Kier alpha value is -3.12. The Balaban J connectivity index is 1.70. The van der Waals surface area contributed by atoms with Crippen LogP contribution in [0.4, 0.5) is 0 Å². The van der Waals surface area contributed by atoms with Gasteiger partial charge in [-0.1, -0.05) is 11.2 Å². The molecule has 0 spiro atoms. The van der Waals surface area contributed by atoms with E-state index in [-0.39, 0.29) is 23.8 Å². The molecule has 0 unspecified atom stereocenters. The number of thiophene rings is 1. The predicted octanol–water partition coefficient (Wildman–Crippen LogP) is 1.64. The van der Waals surface area contributed by atoms with Crippen molar-refractivity contribution in [3.05, 3.63) is 55.2 Å². The molecule has 0 saturated carbocycles. The Morgan fingerprint density at radius 1 is 1.37 bits per heavy atom. The summed E-state index contributed by atoms with van der Waals surface area (Å²) in [7, 11) is 0. The van der Waals surface area contributed by atoms with Crippen molar-refractivity contribution in [2.75, 3.05) is 0 Å². The maximum atomic E-state index is 12.1. The van der Waals surface area contributed by atoms with Crippen molar-refractivity contribution in [3.8, 4) is 22.1 Å². The largest absolute Gasteiger partial charge is 0.337 e. The fourth-order valence-corrected chi connectivity index (χ4v) is 3.44. The fourth-order valence-electron chi connectivity index (χ4n) is 2.53. The first-order valence-electron chi connectivity index (χ1n) is 7.92. The Kier molecular flexibility index (Phi) is 4.41. The van der Waals surface area contributed by atoms with Gasteiger partial charge in [-0.25, -0.2) is 4.79 Å². The lowest BCUT2D eigenvalue weighted by Gasteiger charge is -2.02. The van der Waals surface area contributed by atoms with Gasteiger partial charge in [-0.15, -0.1) is 11.3 Å². The van der Waals surface area contributed by atoms with Crippen molar-refractivity contribution in [1.82, 2.24) is 34.5 Å². The third-order valence-electron chi connectivity index (χ3n) is 3.85. The van der Waals surface area contributed by atoms with E-state index in [4.69, 9.17) is 16.7 Å². The van der Waals surface area contributed by atoms with E-state index in [1.807, 2.05) is 17.5 Å². The van der Waals surface area contributed by atoms with Gasteiger partial charge in [0.15, 0.2) is 10.6 Å². The van der Waals surface area contributed by atoms with Crippen LogP contribution in [0.5, 0.6) is 0 Å². The average molecular weight is 403 g/mol. The number of hydrogen-bond donors (Lipinski definition) is 2. The van der Waals surface area contributed by atoms with Crippen LogP contribution in [0, 0.1) is 4.77 Å². The number of rotatable bonds is 5. The SMILES string of the molecule is CCn1cc(-c2noc(Cn3c(-c4cccs4)n[nH]c3=S)n2)c(=O)[nH]c1=O. The Morgan fingerprint density at radius 3 is 2.96 bits per heavy atom. The van der Waals surface area contributed by atoms with Crippen molar-refractivity contribution in [1.29, 1.82) is 0 Å². The first kappa shape index (κ1) is 17.3. The summed E-state index contributed by atoms with van der Waals surface area (Å²) in [5, 5.41) is 12.8. The highest BCUT2D eigenvalue weighted by Crippen LogP contribution is 2.23. The summed E-state index contributed by atoms with van der Waals surface area (Å²) in [6, 6.07) is 3.85. The van der Waals surface area contributed by atoms with E-state index in [0.717, 1.165) is 4.88 Å². The molecule has 0 aromatic carbocycles.